The van der Waals surface area contributed by atoms with Crippen LogP contribution < -0.4 is 5.32 Å². The number of esters is 1. The average molecular weight is 267 g/mol. The highest BCUT2D eigenvalue weighted by Gasteiger charge is 2.50. The van der Waals surface area contributed by atoms with E-state index in [0.717, 1.165) is 5.57 Å². The molecule has 2 fully saturated rings. The molecule has 2 saturated heterocycles. The second-order valence-corrected chi connectivity index (χ2v) is 6.11. The molecule has 2 aliphatic rings. The van der Waals surface area contributed by atoms with Gasteiger partial charge in [-0.2, -0.15) is 0 Å². The van der Waals surface area contributed by atoms with Gasteiger partial charge >= 0.3 is 13.1 Å². The van der Waals surface area contributed by atoms with Gasteiger partial charge in [0, 0.05) is 6.54 Å². The highest BCUT2D eigenvalue weighted by atomic mass is 16.7. The summed E-state index contributed by atoms with van der Waals surface area (Å²) in [5.41, 5.74) is 0.458. The molecule has 0 aromatic rings. The van der Waals surface area contributed by atoms with Crippen molar-refractivity contribution in [2.75, 3.05) is 13.7 Å². The van der Waals surface area contributed by atoms with Gasteiger partial charge in [-0.15, -0.1) is 0 Å². The molecule has 19 heavy (non-hydrogen) atoms. The topological polar surface area (TPSA) is 56.8 Å². The summed E-state index contributed by atoms with van der Waals surface area (Å²) in [6, 6.07) is -0.251. The Morgan fingerprint density at radius 1 is 1.37 bits per heavy atom. The van der Waals surface area contributed by atoms with E-state index in [2.05, 4.69) is 5.32 Å². The summed E-state index contributed by atoms with van der Waals surface area (Å²) in [7, 11) is 1.05. The molecule has 6 heteroatoms. The van der Waals surface area contributed by atoms with E-state index in [0.29, 0.717) is 13.0 Å². The van der Waals surface area contributed by atoms with Crippen LogP contribution in [0.1, 0.15) is 34.1 Å². The first-order valence-corrected chi connectivity index (χ1v) is 6.61. The number of methoxy groups -OCH3 is 1. The summed E-state index contributed by atoms with van der Waals surface area (Å²) in [6.45, 7) is 8.76. The normalized spacial score (nSPS) is 30.9. The van der Waals surface area contributed by atoms with Gasteiger partial charge in [0.2, 0.25) is 0 Å². The van der Waals surface area contributed by atoms with Gasteiger partial charge in [0.15, 0.2) is 0 Å². The molecule has 0 saturated carbocycles. The zero-order valence-electron chi connectivity index (χ0n) is 12.3. The third kappa shape index (κ3) is 2.85. The van der Waals surface area contributed by atoms with Crippen LogP contribution in [0.2, 0.25) is 0 Å². The van der Waals surface area contributed by atoms with E-state index in [9.17, 15) is 4.79 Å². The Morgan fingerprint density at radius 3 is 2.47 bits per heavy atom. The van der Waals surface area contributed by atoms with Gasteiger partial charge in [-0.3, -0.25) is 4.79 Å². The van der Waals surface area contributed by atoms with Crippen molar-refractivity contribution in [2.24, 2.45) is 0 Å². The molecule has 2 aliphatic heterocycles. The number of hydrogen-bond acceptors (Lipinski definition) is 5. The first kappa shape index (κ1) is 14.6. The van der Waals surface area contributed by atoms with Crippen LogP contribution in [0.3, 0.4) is 0 Å². The lowest BCUT2D eigenvalue weighted by Crippen LogP contribution is -2.41. The zero-order valence-corrected chi connectivity index (χ0v) is 12.3. The van der Waals surface area contributed by atoms with Crippen LogP contribution in [-0.2, 0) is 18.8 Å². The van der Waals surface area contributed by atoms with E-state index >= 15 is 0 Å². The van der Waals surface area contributed by atoms with Gasteiger partial charge in [-0.25, -0.2) is 0 Å². The van der Waals surface area contributed by atoms with Crippen LogP contribution in [0.25, 0.3) is 0 Å². The molecule has 1 atom stereocenters. The fourth-order valence-electron chi connectivity index (χ4n) is 2.25. The van der Waals surface area contributed by atoms with Gasteiger partial charge < -0.3 is 19.4 Å². The highest BCUT2D eigenvalue weighted by molar-refractivity contribution is 6.51. The first-order valence-electron chi connectivity index (χ1n) is 6.61. The molecule has 106 valence electrons. The standard InChI is InChI=1S/C13H22BNO4/c1-12(2)13(3,4)19-14(18-12)7-9-6-10(15-8-9)11(16)17-5/h7,10,15H,6,8H2,1-5H3/b9-7-. The van der Waals surface area contributed by atoms with Crippen molar-refractivity contribution >= 4 is 13.1 Å². The molecule has 0 aromatic carbocycles. The molecule has 0 aliphatic carbocycles. The van der Waals surface area contributed by atoms with Crippen molar-refractivity contribution < 1.29 is 18.8 Å². The van der Waals surface area contributed by atoms with Crippen LogP contribution >= 0.6 is 0 Å². The number of nitrogens with one attached hydrogen (secondary N) is 1. The summed E-state index contributed by atoms with van der Waals surface area (Å²) in [5, 5.41) is 3.12. The number of rotatable bonds is 2. The maximum absolute atomic E-state index is 11.4. The Morgan fingerprint density at radius 2 is 1.95 bits per heavy atom. The first-order chi connectivity index (χ1) is 8.75. The molecule has 0 radical (unpaired) electrons. The van der Waals surface area contributed by atoms with E-state index in [-0.39, 0.29) is 30.3 Å². The second-order valence-electron chi connectivity index (χ2n) is 6.11. The van der Waals surface area contributed by atoms with Crippen LogP contribution in [0.4, 0.5) is 0 Å². The van der Waals surface area contributed by atoms with Gasteiger partial charge in [-0.1, -0.05) is 11.5 Å². The minimum Gasteiger partial charge on any atom is -0.468 e. The molecule has 2 heterocycles. The summed E-state index contributed by atoms with van der Waals surface area (Å²) in [6.07, 6.45) is 0.650. The minimum atomic E-state index is -0.349. The van der Waals surface area contributed by atoms with E-state index in [4.69, 9.17) is 14.0 Å². The molecular formula is C13H22BNO4. The summed E-state index contributed by atoms with van der Waals surface area (Å²) in [5.74, 6) is 1.74. The molecule has 0 amide bonds. The minimum absolute atomic E-state index is 0.225. The number of carbonyl (C=O) groups is 1. The van der Waals surface area contributed by atoms with Crippen molar-refractivity contribution in [1.29, 1.82) is 0 Å². The Hall–Kier alpha value is -0.845. The monoisotopic (exact) mass is 267 g/mol. The zero-order chi connectivity index (χ0) is 14.3. The maximum Gasteiger partial charge on any atom is 0.487 e. The summed E-state index contributed by atoms with van der Waals surface area (Å²) >= 11 is 0. The second kappa shape index (κ2) is 4.92. The Bertz CT molecular complexity index is 389. The Labute approximate surface area is 114 Å². The predicted molar refractivity (Wildman–Crippen MR) is 72.6 cm³/mol. The van der Waals surface area contributed by atoms with Crippen LogP contribution in [0.5, 0.6) is 0 Å². The molecule has 0 spiro atoms. The van der Waals surface area contributed by atoms with Crippen LogP contribution in [-0.4, -0.2) is 44.0 Å². The third-order valence-corrected chi connectivity index (χ3v) is 4.17. The lowest BCUT2D eigenvalue weighted by molar-refractivity contribution is -0.142. The third-order valence-electron chi connectivity index (χ3n) is 4.17. The van der Waals surface area contributed by atoms with Crippen LogP contribution in [0.15, 0.2) is 11.5 Å². The maximum atomic E-state index is 11.4. The predicted octanol–water partition coefficient (Wildman–Crippen LogP) is 1.08. The van der Waals surface area contributed by atoms with Gasteiger partial charge in [0.1, 0.15) is 6.04 Å². The molecule has 2 rings (SSSR count). The molecular weight excluding hydrogens is 245 g/mol. The Kier molecular flexibility index (Phi) is 3.77. The van der Waals surface area contributed by atoms with Crippen molar-refractivity contribution in [3.05, 3.63) is 11.5 Å². The summed E-state index contributed by atoms with van der Waals surface area (Å²) < 4.78 is 16.5. The van der Waals surface area contributed by atoms with Crippen molar-refractivity contribution in [3.63, 3.8) is 0 Å². The van der Waals surface area contributed by atoms with Gasteiger partial charge in [0.05, 0.1) is 18.3 Å². The van der Waals surface area contributed by atoms with E-state index in [1.165, 1.54) is 7.11 Å². The fraction of sp³-hybridized carbons (Fsp3) is 0.769. The van der Waals surface area contributed by atoms with E-state index in [1.807, 2.05) is 33.7 Å². The molecule has 5 nitrogen and oxygen atoms in total. The van der Waals surface area contributed by atoms with Gasteiger partial charge in [0.25, 0.3) is 0 Å². The number of ether oxygens (including phenoxy) is 1. The molecule has 0 bridgehead atoms. The van der Waals surface area contributed by atoms with Crippen molar-refractivity contribution in [1.82, 2.24) is 5.32 Å². The fourth-order valence-corrected chi connectivity index (χ4v) is 2.25. The quantitative estimate of drug-likeness (QED) is 0.599. The Balaban J connectivity index is 2.00. The smallest absolute Gasteiger partial charge is 0.468 e. The lowest BCUT2D eigenvalue weighted by Gasteiger charge is -2.32. The molecule has 1 unspecified atom stereocenters. The molecule has 1 N–H and O–H groups in total. The lowest BCUT2D eigenvalue weighted by atomic mass is 9.86. The number of carbonyl (C=O) groups excluding carboxylic acids is 1. The van der Waals surface area contributed by atoms with E-state index < -0.39 is 0 Å². The SMILES string of the molecule is COC(=O)C1C/C(=C/B2OC(C)(C)C(C)(C)O2)CN1. The number of hydrogen-bond donors (Lipinski definition) is 1. The van der Waals surface area contributed by atoms with Crippen molar-refractivity contribution in [2.45, 2.75) is 51.4 Å². The molecule has 0 aromatic heterocycles. The summed E-state index contributed by atoms with van der Waals surface area (Å²) in [4.78, 5) is 11.4. The largest absolute Gasteiger partial charge is 0.487 e. The van der Waals surface area contributed by atoms with Crippen molar-refractivity contribution in [3.8, 4) is 0 Å². The average Bonchev–Trinajstić information content (AvgIpc) is 2.81. The van der Waals surface area contributed by atoms with Crippen LogP contribution in [0, 0.1) is 0 Å². The van der Waals surface area contributed by atoms with E-state index in [1.54, 1.807) is 0 Å². The van der Waals surface area contributed by atoms with Gasteiger partial charge in [-0.05, 0) is 34.1 Å². The highest BCUT2D eigenvalue weighted by Crippen LogP contribution is 2.37.